The zero-order valence-corrected chi connectivity index (χ0v) is 12.6. The second kappa shape index (κ2) is 7.46. The maximum absolute atomic E-state index is 12.2. The topological polar surface area (TPSA) is 51.2 Å². The molecule has 0 saturated carbocycles. The summed E-state index contributed by atoms with van der Waals surface area (Å²) in [6.45, 7) is 6.55. The number of nitrogens with one attached hydrogen (secondary N) is 1. The van der Waals surface area contributed by atoms with Gasteiger partial charge in [0.05, 0.1) is 12.6 Å². The van der Waals surface area contributed by atoms with Gasteiger partial charge >= 0.3 is 0 Å². The molecule has 0 aliphatic rings. The summed E-state index contributed by atoms with van der Waals surface area (Å²) < 4.78 is 5.12. The third-order valence-corrected chi connectivity index (χ3v) is 3.13. The highest BCUT2D eigenvalue weighted by Crippen LogP contribution is 2.12. The molecule has 19 heavy (non-hydrogen) atoms. The van der Waals surface area contributed by atoms with Crippen LogP contribution in [0.15, 0.2) is 12.1 Å². The molecule has 0 aliphatic heterocycles. The van der Waals surface area contributed by atoms with E-state index >= 15 is 0 Å². The fourth-order valence-corrected chi connectivity index (χ4v) is 1.92. The summed E-state index contributed by atoms with van der Waals surface area (Å²) in [5.74, 6) is 0.154. The first kappa shape index (κ1) is 15.9. The van der Waals surface area contributed by atoms with Crippen LogP contribution in [0, 0.1) is 5.92 Å². The van der Waals surface area contributed by atoms with Gasteiger partial charge in [0.2, 0.25) is 0 Å². The van der Waals surface area contributed by atoms with Crippen molar-refractivity contribution in [3.63, 3.8) is 0 Å². The van der Waals surface area contributed by atoms with Gasteiger partial charge in [-0.1, -0.05) is 32.4 Å². The molecule has 0 fully saturated rings. The molecule has 5 heteroatoms. The third kappa shape index (κ3) is 4.80. The number of nitrogens with zero attached hydrogens (tertiary/aromatic N) is 1. The summed E-state index contributed by atoms with van der Waals surface area (Å²) in [5, 5.41) is 3.31. The van der Waals surface area contributed by atoms with E-state index in [1.807, 2.05) is 20.8 Å². The normalized spacial score (nSPS) is 12.5. The molecule has 0 spiro atoms. The summed E-state index contributed by atoms with van der Waals surface area (Å²) in [6, 6.07) is 3.33. The quantitative estimate of drug-likeness (QED) is 0.817. The predicted octanol–water partition coefficient (Wildman–Crippen LogP) is 2.70. The molecule has 1 unspecified atom stereocenters. The molecule has 0 aliphatic carbocycles. The first-order valence-electron chi connectivity index (χ1n) is 6.44. The van der Waals surface area contributed by atoms with Crippen LogP contribution in [0.4, 0.5) is 0 Å². The van der Waals surface area contributed by atoms with Gasteiger partial charge < -0.3 is 10.1 Å². The van der Waals surface area contributed by atoms with Gasteiger partial charge in [-0.15, -0.1) is 0 Å². The number of aromatic nitrogens is 1. The maximum atomic E-state index is 12.2. The monoisotopic (exact) mass is 284 g/mol. The number of hydrogen-bond acceptors (Lipinski definition) is 3. The highest BCUT2D eigenvalue weighted by Gasteiger charge is 2.17. The van der Waals surface area contributed by atoms with E-state index < -0.39 is 0 Å². The summed E-state index contributed by atoms with van der Waals surface area (Å²) in [5.41, 5.74) is 1.35. The number of carbonyl (C=O) groups excluding carboxylic acids is 1. The zero-order chi connectivity index (χ0) is 14.4. The molecule has 0 saturated heterocycles. The van der Waals surface area contributed by atoms with E-state index in [-0.39, 0.29) is 11.9 Å². The number of aryl methyl sites for hydroxylation is 1. The number of pyridine rings is 1. The maximum Gasteiger partial charge on any atom is 0.251 e. The van der Waals surface area contributed by atoms with Crippen molar-refractivity contribution in [1.29, 1.82) is 0 Å². The van der Waals surface area contributed by atoms with Crippen molar-refractivity contribution in [2.75, 3.05) is 13.7 Å². The lowest BCUT2D eigenvalue weighted by Crippen LogP contribution is -2.41. The van der Waals surface area contributed by atoms with Crippen molar-refractivity contribution in [3.05, 3.63) is 28.5 Å². The Morgan fingerprint density at radius 2 is 2.16 bits per heavy atom. The van der Waals surface area contributed by atoms with Crippen molar-refractivity contribution >= 4 is 17.5 Å². The minimum absolute atomic E-state index is 0.0190. The second-order valence-corrected chi connectivity index (χ2v) is 5.19. The van der Waals surface area contributed by atoms with Crippen LogP contribution in [0.2, 0.25) is 5.15 Å². The lowest BCUT2D eigenvalue weighted by Gasteiger charge is -2.21. The number of rotatable bonds is 6. The first-order valence-corrected chi connectivity index (χ1v) is 6.82. The second-order valence-electron chi connectivity index (χ2n) is 4.80. The van der Waals surface area contributed by atoms with Gasteiger partial charge in [-0.3, -0.25) is 4.79 Å². The van der Waals surface area contributed by atoms with Crippen molar-refractivity contribution < 1.29 is 9.53 Å². The fraction of sp³-hybridized carbons (Fsp3) is 0.571. The van der Waals surface area contributed by atoms with E-state index in [0.29, 0.717) is 23.2 Å². The summed E-state index contributed by atoms with van der Waals surface area (Å²) in [6.07, 6.45) is 0.743. The standard InChI is InChI=1S/C14H21ClN2O2/c1-5-11-6-10(7-13(15)16-11)14(18)17-12(8-19-4)9(2)3/h6-7,9,12H,5,8H2,1-4H3,(H,17,18). The van der Waals surface area contributed by atoms with Gasteiger partial charge in [0.1, 0.15) is 5.15 Å². The highest BCUT2D eigenvalue weighted by atomic mass is 35.5. The van der Waals surface area contributed by atoms with Crippen LogP contribution in [-0.4, -0.2) is 30.6 Å². The number of ether oxygens (including phenoxy) is 1. The van der Waals surface area contributed by atoms with Crippen LogP contribution in [0.3, 0.4) is 0 Å². The SMILES string of the molecule is CCc1cc(C(=O)NC(COC)C(C)C)cc(Cl)n1. The van der Waals surface area contributed by atoms with Crippen LogP contribution < -0.4 is 5.32 Å². The Kier molecular flexibility index (Phi) is 6.25. The molecule has 1 aromatic heterocycles. The number of amides is 1. The Morgan fingerprint density at radius 1 is 1.47 bits per heavy atom. The van der Waals surface area contributed by atoms with Crippen LogP contribution in [0.5, 0.6) is 0 Å². The molecular weight excluding hydrogens is 264 g/mol. The van der Waals surface area contributed by atoms with E-state index in [0.717, 1.165) is 12.1 Å². The molecule has 1 amide bonds. The van der Waals surface area contributed by atoms with Gasteiger partial charge in [-0.2, -0.15) is 0 Å². The minimum atomic E-state index is -0.144. The lowest BCUT2D eigenvalue weighted by molar-refractivity contribution is 0.0866. The van der Waals surface area contributed by atoms with E-state index in [9.17, 15) is 4.79 Å². The Bertz CT molecular complexity index is 435. The molecule has 1 atom stereocenters. The van der Waals surface area contributed by atoms with E-state index in [1.165, 1.54) is 0 Å². The Balaban J connectivity index is 2.84. The zero-order valence-electron chi connectivity index (χ0n) is 11.9. The smallest absolute Gasteiger partial charge is 0.251 e. The summed E-state index contributed by atoms with van der Waals surface area (Å²) >= 11 is 5.92. The van der Waals surface area contributed by atoms with Gasteiger partial charge in [0.25, 0.3) is 5.91 Å². The largest absolute Gasteiger partial charge is 0.383 e. The first-order chi connectivity index (χ1) is 8.97. The fourth-order valence-electron chi connectivity index (χ4n) is 1.70. The van der Waals surface area contributed by atoms with Crippen LogP contribution in [-0.2, 0) is 11.2 Å². The van der Waals surface area contributed by atoms with Crippen molar-refractivity contribution in [2.45, 2.75) is 33.2 Å². The average Bonchev–Trinajstić information content (AvgIpc) is 2.37. The molecule has 1 rings (SSSR count). The molecule has 0 aromatic carbocycles. The van der Waals surface area contributed by atoms with Crippen LogP contribution >= 0.6 is 11.6 Å². The highest BCUT2D eigenvalue weighted by molar-refractivity contribution is 6.29. The summed E-state index contributed by atoms with van der Waals surface area (Å²) in [7, 11) is 1.63. The van der Waals surface area contributed by atoms with E-state index in [4.69, 9.17) is 16.3 Å². The number of methoxy groups -OCH3 is 1. The third-order valence-electron chi connectivity index (χ3n) is 2.94. The molecule has 1 N–H and O–H groups in total. The van der Waals surface area contributed by atoms with Gasteiger partial charge in [0, 0.05) is 18.4 Å². The Hall–Kier alpha value is -1.13. The van der Waals surface area contributed by atoms with E-state index in [2.05, 4.69) is 10.3 Å². The number of hydrogen-bond donors (Lipinski definition) is 1. The molecule has 1 heterocycles. The van der Waals surface area contributed by atoms with Crippen molar-refractivity contribution in [2.24, 2.45) is 5.92 Å². The molecule has 1 aromatic rings. The van der Waals surface area contributed by atoms with Crippen molar-refractivity contribution in [1.82, 2.24) is 10.3 Å². The average molecular weight is 285 g/mol. The predicted molar refractivity (Wildman–Crippen MR) is 76.6 cm³/mol. The molecular formula is C14H21ClN2O2. The molecule has 0 radical (unpaired) electrons. The minimum Gasteiger partial charge on any atom is -0.383 e. The van der Waals surface area contributed by atoms with Gasteiger partial charge in [-0.05, 0) is 24.5 Å². The molecule has 4 nitrogen and oxygen atoms in total. The Labute approximate surface area is 119 Å². The molecule has 106 valence electrons. The Morgan fingerprint density at radius 3 is 2.68 bits per heavy atom. The van der Waals surface area contributed by atoms with Gasteiger partial charge in [-0.25, -0.2) is 4.98 Å². The van der Waals surface area contributed by atoms with Crippen molar-refractivity contribution in [3.8, 4) is 0 Å². The van der Waals surface area contributed by atoms with Crippen LogP contribution in [0.25, 0.3) is 0 Å². The summed E-state index contributed by atoms with van der Waals surface area (Å²) in [4.78, 5) is 16.3. The number of halogens is 1. The lowest BCUT2D eigenvalue weighted by atomic mass is 10.0. The van der Waals surface area contributed by atoms with Gasteiger partial charge in [0.15, 0.2) is 0 Å². The van der Waals surface area contributed by atoms with E-state index in [1.54, 1.807) is 19.2 Å². The molecule has 0 bridgehead atoms. The number of carbonyl (C=O) groups is 1. The van der Waals surface area contributed by atoms with Crippen LogP contribution in [0.1, 0.15) is 36.8 Å².